The number of esters is 1. The Labute approximate surface area is 110 Å². The molecule has 2 fully saturated rings. The third-order valence-electron chi connectivity index (χ3n) is 3.13. The fraction of sp³-hybridized carbons (Fsp3) is 0.750. The van der Waals surface area contributed by atoms with Gasteiger partial charge in [0.15, 0.2) is 0 Å². The third kappa shape index (κ3) is 2.85. The fourth-order valence-corrected chi connectivity index (χ4v) is 3.35. The summed E-state index contributed by atoms with van der Waals surface area (Å²) < 4.78 is 4.59. The summed E-state index contributed by atoms with van der Waals surface area (Å²) in [5.41, 5.74) is 0. The maximum absolute atomic E-state index is 12.1. The van der Waals surface area contributed by atoms with Crippen molar-refractivity contribution in [1.29, 1.82) is 0 Å². The van der Waals surface area contributed by atoms with E-state index < -0.39 is 0 Å². The highest BCUT2D eigenvalue weighted by Crippen LogP contribution is 2.36. The molecule has 2 amide bonds. The highest BCUT2D eigenvalue weighted by molar-refractivity contribution is 8.01. The van der Waals surface area contributed by atoms with Gasteiger partial charge in [0.2, 0.25) is 11.8 Å². The van der Waals surface area contributed by atoms with Crippen LogP contribution in [0.3, 0.4) is 0 Å². The molecule has 0 N–H and O–H groups in total. The number of amides is 2. The molecule has 1 aliphatic carbocycles. The molecule has 100 valence electrons. The minimum atomic E-state index is -0.322. The highest BCUT2D eigenvalue weighted by atomic mass is 32.2. The predicted molar refractivity (Wildman–Crippen MR) is 67.0 cm³/mol. The van der Waals surface area contributed by atoms with Crippen molar-refractivity contribution >= 4 is 29.5 Å². The Morgan fingerprint density at radius 3 is 2.72 bits per heavy atom. The molecular weight excluding hydrogens is 254 g/mol. The summed E-state index contributed by atoms with van der Waals surface area (Å²) in [5.74, 6) is -0.430. The van der Waals surface area contributed by atoms with Crippen molar-refractivity contribution in [1.82, 2.24) is 4.90 Å². The van der Waals surface area contributed by atoms with E-state index in [0.717, 1.165) is 12.8 Å². The molecule has 0 aromatic rings. The van der Waals surface area contributed by atoms with Crippen molar-refractivity contribution in [3.05, 3.63) is 0 Å². The normalized spacial score (nSPS) is 25.4. The zero-order chi connectivity index (χ0) is 13.3. The maximum Gasteiger partial charge on any atom is 0.306 e. The van der Waals surface area contributed by atoms with E-state index in [1.54, 1.807) is 0 Å². The van der Waals surface area contributed by atoms with Crippen molar-refractivity contribution in [2.75, 3.05) is 7.11 Å². The lowest BCUT2D eigenvalue weighted by atomic mass is 10.3. The highest BCUT2D eigenvalue weighted by Gasteiger charge is 2.46. The second-order valence-electron chi connectivity index (χ2n) is 4.75. The molecule has 2 aliphatic rings. The number of carbonyl (C=O) groups excluding carboxylic acids is 3. The van der Waals surface area contributed by atoms with Crippen LogP contribution >= 0.6 is 11.8 Å². The zero-order valence-corrected chi connectivity index (χ0v) is 11.4. The lowest BCUT2D eigenvalue weighted by Gasteiger charge is -2.15. The Balaban J connectivity index is 1.88. The van der Waals surface area contributed by atoms with E-state index in [0.29, 0.717) is 0 Å². The first-order valence-corrected chi connectivity index (χ1v) is 7.05. The smallest absolute Gasteiger partial charge is 0.306 e. The number of hydrogen-bond donors (Lipinski definition) is 0. The van der Waals surface area contributed by atoms with Gasteiger partial charge in [0.05, 0.1) is 18.8 Å². The van der Waals surface area contributed by atoms with Crippen molar-refractivity contribution in [2.24, 2.45) is 0 Å². The number of nitrogens with zero attached hydrogens (tertiary/aromatic N) is 1. The Kier molecular flexibility index (Phi) is 3.94. The molecular formula is C12H17NO4S. The fourth-order valence-electron chi connectivity index (χ4n) is 2.09. The van der Waals surface area contributed by atoms with E-state index in [1.165, 1.54) is 23.8 Å². The molecule has 6 heteroatoms. The number of ether oxygens (including phenoxy) is 1. The minimum Gasteiger partial charge on any atom is -0.469 e. The van der Waals surface area contributed by atoms with Gasteiger partial charge in [-0.15, -0.1) is 11.8 Å². The van der Waals surface area contributed by atoms with Crippen molar-refractivity contribution < 1.29 is 19.1 Å². The van der Waals surface area contributed by atoms with Gasteiger partial charge >= 0.3 is 5.97 Å². The summed E-state index contributed by atoms with van der Waals surface area (Å²) in [5, 5.41) is -0.337. The van der Waals surface area contributed by atoms with Crippen LogP contribution in [0.1, 0.15) is 32.6 Å². The summed E-state index contributed by atoms with van der Waals surface area (Å²) in [6.07, 6.45) is 2.41. The Bertz CT molecular complexity index is 380. The van der Waals surface area contributed by atoms with E-state index in [9.17, 15) is 14.4 Å². The van der Waals surface area contributed by atoms with Gasteiger partial charge in [-0.05, 0) is 12.8 Å². The summed E-state index contributed by atoms with van der Waals surface area (Å²) in [6, 6.07) is 0.145. The van der Waals surface area contributed by atoms with Gasteiger partial charge in [-0.3, -0.25) is 19.3 Å². The average molecular weight is 271 g/mol. The summed E-state index contributed by atoms with van der Waals surface area (Å²) in [7, 11) is 1.35. The molecule has 18 heavy (non-hydrogen) atoms. The van der Waals surface area contributed by atoms with Gasteiger partial charge in [0, 0.05) is 17.7 Å². The third-order valence-corrected chi connectivity index (χ3v) is 4.46. The van der Waals surface area contributed by atoms with Crippen LogP contribution in [0.5, 0.6) is 0 Å². The lowest BCUT2D eigenvalue weighted by molar-refractivity contribution is -0.141. The SMILES string of the molecule is COC(=O)CC(C)SC1CC(=O)N(C2CC2)C1=O. The van der Waals surface area contributed by atoms with Crippen LogP contribution in [0.15, 0.2) is 0 Å². The number of methoxy groups -OCH3 is 1. The molecule has 2 unspecified atom stereocenters. The quantitative estimate of drug-likeness (QED) is 0.550. The minimum absolute atomic E-state index is 0.0154. The van der Waals surface area contributed by atoms with Crippen LogP contribution in [0.25, 0.3) is 0 Å². The van der Waals surface area contributed by atoms with Gasteiger partial charge in [-0.25, -0.2) is 0 Å². The van der Waals surface area contributed by atoms with Crippen LogP contribution in [0.4, 0.5) is 0 Å². The van der Waals surface area contributed by atoms with Crippen molar-refractivity contribution in [3.8, 4) is 0 Å². The van der Waals surface area contributed by atoms with Gasteiger partial charge in [-0.1, -0.05) is 6.92 Å². The van der Waals surface area contributed by atoms with Crippen LogP contribution < -0.4 is 0 Å². The Morgan fingerprint density at radius 1 is 1.50 bits per heavy atom. The standard InChI is InChI=1S/C12H17NO4S/c1-7(5-11(15)17-2)18-9-6-10(14)13(12(9)16)8-3-4-8/h7-9H,3-6H2,1-2H3. The first-order chi connectivity index (χ1) is 8.52. The molecule has 1 aliphatic heterocycles. The van der Waals surface area contributed by atoms with E-state index in [-0.39, 0.29) is 47.2 Å². The summed E-state index contributed by atoms with van der Waals surface area (Å²) in [4.78, 5) is 36.3. The van der Waals surface area contributed by atoms with Crippen LogP contribution in [0.2, 0.25) is 0 Å². The number of carbonyl (C=O) groups is 3. The molecule has 2 atom stereocenters. The van der Waals surface area contributed by atoms with E-state index in [1.807, 2.05) is 6.92 Å². The van der Waals surface area contributed by atoms with Gasteiger partial charge in [0.1, 0.15) is 0 Å². The Hall–Kier alpha value is -1.04. The molecule has 1 heterocycles. The number of likely N-dealkylation sites (tertiary alicyclic amines) is 1. The molecule has 1 saturated heterocycles. The first-order valence-electron chi connectivity index (χ1n) is 6.11. The lowest BCUT2D eigenvalue weighted by Crippen LogP contribution is -2.33. The molecule has 0 aromatic heterocycles. The molecule has 1 saturated carbocycles. The van der Waals surface area contributed by atoms with E-state index in [4.69, 9.17) is 0 Å². The first kappa shape index (κ1) is 13.4. The second-order valence-corrected chi connectivity index (χ2v) is 6.40. The molecule has 0 bridgehead atoms. The zero-order valence-electron chi connectivity index (χ0n) is 10.5. The van der Waals surface area contributed by atoms with Crippen LogP contribution in [-0.4, -0.2) is 46.3 Å². The van der Waals surface area contributed by atoms with Gasteiger partial charge in [-0.2, -0.15) is 0 Å². The Morgan fingerprint density at radius 2 is 2.17 bits per heavy atom. The summed E-state index contributed by atoms with van der Waals surface area (Å²) >= 11 is 1.40. The second kappa shape index (κ2) is 5.30. The summed E-state index contributed by atoms with van der Waals surface area (Å²) in [6.45, 7) is 1.87. The van der Waals surface area contributed by atoms with E-state index >= 15 is 0 Å². The average Bonchev–Trinajstić information content (AvgIpc) is 3.08. The number of hydrogen-bond acceptors (Lipinski definition) is 5. The maximum atomic E-state index is 12.1. The van der Waals surface area contributed by atoms with Crippen LogP contribution in [-0.2, 0) is 19.1 Å². The number of imide groups is 1. The molecule has 2 rings (SSSR count). The van der Waals surface area contributed by atoms with Crippen LogP contribution in [0, 0.1) is 0 Å². The molecule has 5 nitrogen and oxygen atoms in total. The van der Waals surface area contributed by atoms with Gasteiger partial charge in [0.25, 0.3) is 0 Å². The molecule has 0 spiro atoms. The largest absolute Gasteiger partial charge is 0.469 e. The topological polar surface area (TPSA) is 63.7 Å². The van der Waals surface area contributed by atoms with Crippen molar-refractivity contribution in [3.63, 3.8) is 0 Å². The van der Waals surface area contributed by atoms with E-state index in [2.05, 4.69) is 4.74 Å². The monoisotopic (exact) mass is 271 g/mol. The van der Waals surface area contributed by atoms with Crippen molar-refractivity contribution in [2.45, 2.75) is 49.1 Å². The molecule has 0 aromatic carbocycles. The van der Waals surface area contributed by atoms with Gasteiger partial charge < -0.3 is 4.74 Å². The molecule has 0 radical (unpaired) electrons. The number of rotatable bonds is 5. The number of thioether (sulfide) groups is 1. The predicted octanol–water partition coefficient (Wildman–Crippen LogP) is 0.961.